The maximum absolute atomic E-state index is 13.6. The van der Waals surface area contributed by atoms with E-state index < -0.39 is 49.6 Å². The van der Waals surface area contributed by atoms with Crippen LogP contribution in [-0.2, 0) is 35.5 Å². The van der Waals surface area contributed by atoms with E-state index in [1.165, 1.54) is 4.90 Å². The molecule has 10 nitrogen and oxygen atoms in total. The van der Waals surface area contributed by atoms with Crippen LogP contribution in [-0.4, -0.2) is 94.2 Å². The van der Waals surface area contributed by atoms with Crippen molar-refractivity contribution in [3.8, 4) is 0 Å². The van der Waals surface area contributed by atoms with Gasteiger partial charge in [-0.2, -0.15) is 0 Å². The molecule has 2 heterocycles. The molecule has 0 spiro atoms. The number of rotatable bonds is 12. The van der Waals surface area contributed by atoms with Gasteiger partial charge in [0.05, 0.1) is 11.4 Å². The third kappa shape index (κ3) is 10.4. The summed E-state index contributed by atoms with van der Waals surface area (Å²) in [4.78, 5) is 42.9. The number of allylic oxidation sites excluding steroid dienone is 1. The van der Waals surface area contributed by atoms with E-state index in [2.05, 4.69) is 21.2 Å². The highest BCUT2D eigenvalue weighted by Crippen LogP contribution is 2.37. The number of amides is 2. The number of nitrogens with one attached hydrogen (secondary N) is 1. The quantitative estimate of drug-likeness (QED) is 0.146. The number of nitrogens with zero attached hydrogens (tertiary/aromatic N) is 2. The molecule has 1 aromatic rings. The molecule has 3 rings (SSSR count). The molecule has 1 aromatic carbocycles. The van der Waals surface area contributed by atoms with E-state index in [9.17, 15) is 22.8 Å². The van der Waals surface area contributed by atoms with Crippen molar-refractivity contribution in [3.05, 3.63) is 47.3 Å². The van der Waals surface area contributed by atoms with Crippen molar-refractivity contribution in [2.45, 2.75) is 41.1 Å². The largest absolute Gasteiger partial charge is 0.456 e. The second kappa shape index (κ2) is 15.4. The Morgan fingerprint density at radius 1 is 1.12 bits per heavy atom. The average molecular weight is 736 g/mol. The fraction of sp³-hybridized carbons (Fsp3) is 0.560. The van der Waals surface area contributed by atoms with Gasteiger partial charge >= 0.3 is 12.1 Å². The Hall–Kier alpha value is -1.38. The van der Waals surface area contributed by atoms with Crippen LogP contribution in [0.4, 0.5) is 4.79 Å². The molecule has 228 valence electrons. The highest BCUT2D eigenvalue weighted by molar-refractivity contribution is 9.09. The molecule has 1 N–H and O–H groups in total. The van der Waals surface area contributed by atoms with E-state index in [0.29, 0.717) is 18.8 Å². The number of piperidine rings is 1. The zero-order valence-corrected chi connectivity index (χ0v) is 27.7. The zero-order valence-electron chi connectivity index (χ0n) is 22.2. The van der Waals surface area contributed by atoms with E-state index in [-0.39, 0.29) is 29.1 Å². The number of likely N-dealkylation sites (tertiary alicyclic amines) is 2. The summed E-state index contributed by atoms with van der Waals surface area (Å²) in [5, 5.41) is 1.95. The third-order valence-electron chi connectivity index (χ3n) is 6.21. The Bertz CT molecular complexity index is 1230. The molecule has 0 bridgehead atoms. The lowest BCUT2D eigenvalue weighted by molar-refractivity contribution is -0.151. The Morgan fingerprint density at radius 3 is 2.37 bits per heavy atom. The summed E-state index contributed by atoms with van der Waals surface area (Å²) < 4.78 is 32.3. The second-order valence-corrected chi connectivity index (χ2v) is 16.0. The molecule has 41 heavy (non-hydrogen) atoms. The zero-order chi connectivity index (χ0) is 30.2. The van der Waals surface area contributed by atoms with Gasteiger partial charge in [0, 0.05) is 30.4 Å². The van der Waals surface area contributed by atoms with E-state index in [0.717, 1.165) is 42.8 Å². The lowest BCUT2D eigenvalue weighted by Gasteiger charge is -2.48. The fourth-order valence-corrected chi connectivity index (χ4v) is 7.61. The monoisotopic (exact) mass is 733 g/mol. The molecule has 2 amide bonds. The predicted octanol–water partition coefficient (Wildman–Crippen LogP) is 4.23. The number of alkyl halides is 4. The molecule has 0 aliphatic carbocycles. The third-order valence-corrected chi connectivity index (χ3v) is 9.54. The summed E-state index contributed by atoms with van der Waals surface area (Å²) in [5.41, 5.74) is 1.20. The van der Waals surface area contributed by atoms with Crippen molar-refractivity contribution in [3.63, 3.8) is 0 Å². The number of alkyl carbamates (subject to hydrolysis) is 1. The van der Waals surface area contributed by atoms with Gasteiger partial charge in [-0.1, -0.05) is 81.1 Å². The average Bonchev–Trinajstić information content (AvgIpc) is 2.92. The Morgan fingerprint density at radius 2 is 1.78 bits per heavy atom. The van der Waals surface area contributed by atoms with Gasteiger partial charge in [-0.05, 0) is 24.8 Å². The molecule has 2 unspecified atom stereocenters. The fourth-order valence-electron chi connectivity index (χ4n) is 4.25. The van der Waals surface area contributed by atoms with Gasteiger partial charge in [0.15, 0.2) is 5.70 Å². The van der Waals surface area contributed by atoms with Crippen LogP contribution in [0, 0.1) is 0 Å². The summed E-state index contributed by atoms with van der Waals surface area (Å²) in [5.74, 6) is -1.54. The van der Waals surface area contributed by atoms with Crippen molar-refractivity contribution in [2.24, 2.45) is 0 Å². The summed E-state index contributed by atoms with van der Waals surface area (Å²) in [6, 6.07) is 7.93. The van der Waals surface area contributed by atoms with E-state index in [1.807, 2.05) is 11.0 Å². The Balaban J connectivity index is 1.89. The van der Waals surface area contributed by atoms with Gasteiger partial charge in [-0.15, -0.1) is 11.8 Å². The highest BCUT2D eigenvalue weighted by Gasteiger charge is 2.53. The molecule has 0 radical (unpaired) electrons. The van der Waals surface area contributed by atoms with Crippen LogP contribution in [0.25, 0.3) is 0 Å². The van der Waals surface area contributed by atoms with Crippen molar-refractivity contribution in [1.29, 1.82) is 0 Å². The van der Waals surface area contributed by atoms with Crippen molar-refractivity contribution >= 4 is 90.3 Å². The number of esters is 1. The summed E-state index contributed by atoms with van der Waals surface area (Å²) in [6.45, 7) is 0.741. The standard InChI is InChI=1S/C25H31BrCl3N3O7S2/c1-41(36,37)13-12-40-22-19(30-24(35)38-15-17-8-4-2-5-9-17)21(33)32(22)20(23(34)39-16-25(27,28)29)18(14-26)31-10-6-3-7-11-31/h2,4-5,8-9,19,22H,3,6-7,10-16H2,1H3,(H,30,35). The van der Waals surface area contributed by atoms with Crippen molar-refractivity contribution < 1.29 is 32.3 Å². The van der Waals surface area contributed by atoms with E-state index in [4.69, 9.17) is 44.3 Å². The number of carbonyl (C=O) groups is 3. The molecule has 0 aromatic heterocycles. The van der Waals surface area contributed by atoms with Gasteiger partial charge in [0.25, 0.3) is 5.91 Å². The molecule has 2 aliphatic rings. The number of ether oxygens (including phenoxy) is 2. The van der Waals surface area contributed by atoms with Gasteiger partial charge in [0.1, 0.15) is 34.5 Å². The number of carbonyl (C=O) groups excluding carboxylic acids is 3. The number of hydrogen-bond acceptors (Lipinski definition) is 9. The number of hydrogen-bond donors (Lipinski definition) is 1. The highest BCUT2D eigenvalue weighted by atomic mass is 79.9. The van der Waals surface area contributed by atoms with Crippen LogP contribution in [0.2, 0.25) is 0 Å². The smallest absolute Gasteiger partial charge is 0.408 e. The SMILES string of the molecule is CS(=O)(=O)CCSC1C(NC(=O)OCc2ccccc2)C(=O)N1C(C(=O)OCC(Cl)(Cl)Cl)=C(CBr)N1CCCCC1. The number of benzene rings is 1. The molecular formula is C25H31BrCl3N3O7S2. The first kappa shape index (κ1) is 34.1. The van der Waals surface area contributed by atoms with E-state index >= 15 is 0 Å². The molecular weight excluding hydrogens is 705 g/mol. The second-order valence-electron chi connectivity index (χ2n) is 9.45. The molecule has 2 fully saturated rings. The number of β-lactam (4-membered cyclic amide) rings is 1. The summed E-state index contributed by atoms with van der Waals surface area (Å²) >= 11 is 22.0. The van der Waals surface area contributed by atoms with Gasteiger partial charge in [0.2, 0.25) is 3.79 Å². The lowest BCUT2D eigenvalue weighted by atomic mass is 10.0. The first-order valence-electron chi connectivity index (χ1n) is 12.7. The molecule has 2 aliphatic heterocycles. The Labute approximate surface area is 267 Å². The van der Waals surface area contributed by atoms with Gasteiger partial charge < -0.3 is 19.7 Å². The minimum atomic E-state index is -3.31. The number of thioether (sulfide) groups is 1. The normalized spacial score (nSPS) is 20.2. The van der Waals surface area contributed by atoms with Crippen LogP contribution in [0.5, 0.6) is 0 Å². The minimum absolute atomic E-state index is 0.0135. The van der Waals surface area contributed by atoms with Crippen LogP contribution in [0.1, 0.15) is 24.8 Å². The summed E-state index contributed by atoms with van der Waals surface area (Å²) in [7, 11) is -3.31. The summed E-state index contributed by atoms with van der Waals surface area (Å²) in [6.07, 6.45) is 3.09. The van der Waals surface area contributed by atoms with Crippen LogP contribution in [0.3, 0.4) is 0 Å². The molecule has 2 saturated heterocycles. The minimum Gasteiger partial charge on any atom is -0.456 e. The predicted molar refractivity (Wildman–Crippen MR) is 164 cm³/mol. The van der Waals surface area contributed by atoms with Crippen molar-refractivity contribution in [1.82, 2.24) is 15.1 Å². The number of halogens is 4. The first-order chi connectivity index (χ1) is 19.3. The maximum Gasteiger partial charge on any atom is 0.408 e. The topological polar surface area (TPSA) is 122 Å². The van der Waals surface area contributed by atoms with E-state index in [1.54, 1.807) is 24.3 Å². The Kier molecular flexibility index (Phi) is 12.8. The van der Waals surface area contributed by atoms with Crippen LogP contribution in [0.15, 0.2) is 41.7 Å². The van der Waals surface area contributed by atoms with Crippen LogP contribution < -0.4 is 5.32 Å². The van der Waals surface area contributed by atoms with Crippen LogP contribution >= 0.6 is 62.5 Å². The molecule has 2 atom stereocenters. The lowest BCUT2D eigenvalue weighted by Crippen LogP contribution is -2.70. The number of sulfone groups is 1. The molecule has 0 saturated carbocycles. The van der Waals surface area contributed by atoms with Crippen molar-refractivity contribution in [2.75, 3.05) is 42.8 Å². The maximum atomic E-state index is 13.6. The molecule has 16 heteroatoms. The first-order valence-corrected chi connectivity index (χ1v) is 18.0. The van der Waals surface area contributed by atoms with Gasteiger partial charge in [-0.25, -0.2) is 18.0 Å². The van der Waals surface area contributed by atoms with Gasteiger partial charge in [-0.3, -0.25) is 9.69 Å².